The Kier molecular flexibility index (Phi) is 4.15. The molecular weight excluding hydrogens is 266 g/mol. The Hall–Kier alpha value is -1.55. The minimum atomic E-state index is 0.0484. The Morgan fingerprint density at radius 2 is 2.33 bits per heavy atom. The summed E-state index contributed by atoms with van der Waals surface area (Å²) in [5.74, 6) is 1.55. The van der Waals surface area contributed by atoms with Crippen LogP contribution in [0.3, 0.4) is 0 Å². The number of amides is 1. The molecule has 0 saturated heterocycles. The van der Waals surface area contributed by atoms with Crippen molar-refractivity contribution < 1.29 is 14.6 Å². The maximum absolute atomic E-state index is 11.3. The van der Waals surface area contributed by atoms with Gasteiger partial charge in [-0.05, 0) is 42.4 Å². The zero-order valence-corrected chi connectivity index (χ0v) is 12.6. The van der Waals surface area contributed by atoms with Gasteiger partial charge in [0.25, 0.3) is 0 Å². The molecule has 0 aromatic heterocycles. The van der Waals surface area contributed by atoms with Crippen LogP contribution in [0.5, 0.6) is 5.75 Å². The monoisotopic (exact) mass is 289 g/mol. The van der Waals surface area contributed by atoms with Gasteiger partial charge in [-0.3, -0.25) is 4.79 Å². The summed E-state index contributed by atoms with van der Waals surface area (Å²) in [6.45, 7) is 3.39. The van der Waals surface area contributed by atoms with Crippen molar-refractivity contribution in [3.8, 4) is 5.75 Å². The van der Waals surface area contributed by atoms with Gasteiger partial charge in [0.05, 0.1) is 13.2 Å². The molecule has 2 aliphatic rings. The molecule has 1 amide bonds. The van der Waals surface area contributed by atoms with Crippen LogP contribution in [0.4, 0.5) is 0 Å². The number of carbonyl (C=O) groups is 1. The molecular formula is C17H23NO3. The third-order valence-electron chi connectivity index (χ3n) is 4.66. The maximum Gasteiger partial charge on any atom is 0.219 e. The van der Waals surface area contributed by atoms with Crippen LogP contribution in [0.15, 0.2) is 6.07 Å². The molecule has 1 aromatic carbocycles. The molecule has 1 aromatic rings. The second kappa shape index (κ2) is 6.06. The van der Waals surface area contributed by atoms with Gasteiger partial charge in [0.1, 0.15) is 5.75 Å². The van der Waals surface area contributed by atoms with Crippen molar-refractivity contribution in [3.63, 3.8) is 0 Å². The highest BCUT2D eigenvalue weighted by Crippen LogP contribution is 2.45. The first kappa shape index (κ1) is 14.4. The quantitative estimate of drug-likeness (QED) is 0.872. The maximum atomic E-state index is 11.3. The number of rotatable bonds is 5. The second-order valence-corrected chi connectivity index (χ2v) is 5.90. The number of benzene rings is 1. The fourth-order valence-electron chi connectivity index (χ4n) is 3.65. The number of hydrogen-bond donors (Lipinski definition) is 2. The van der Waals surface area contributed by atoms with Crippen LogP contribution in [0, 0.1) is 0 Å². The number of fused-ring (bicyclic) bond motifs is 3. The third kappa shape index (κ3) is 2.64. The first-order valence-corrected chi connectivity index (χ1v) is 7.92. The zero-order chi connectivity index (χ0) is 14.8. The van der Waals surface area contributed by atoms with Crippen LogP contribution < -0.4 is 10.1 Å². The fraction of sp³-hybridized carbons (Fsp3) is 0.588. The molecule has 1 heterocycles. The summed E-state index contributed by atoms with van der Waals surface area (Å²) in [4.78, 5) is 11.3. The molecule has 1 aliphatic carbocycles. The van der Waals surface area contributed by atoms with Gasteiger partial charge >= 0.3 is 0 Å². The second-order valence-electron chi connectivity index (χ2n) is 5.90. The Bertz CT molecular complexity index is 553. The molecule has 2 N–H and O–H groups in total. The Morgan fingerprint density at radius 1 is 1.48 bits per heavy atom. The summed E-state index contributed by atoms with van der Waals surface area (Å²) in [6.07, 6.45) is 4.69. The van der Waals surface area contributed by atoms with Gasteiger partial charge in [0.2, 0.25) is 5.91 Å². The molecule has 0 bridgehead atoms. The standard InChI is InChI=1S/C17H23NO3/c1-2-15(20)18-7-5-11-3-4-12-9-13(10-19)17-14(16(11)12)6-8-21-17/h9,11,19H,2-8,10H2,1H3,(H,18,20)/t11-/m0/s1. The molecule has 0 unspecified atom stereocenters. The number of ether oxygens (including phenoxy) is 1. The van der Waals surface area contributed by atoms with Crippen LogP contribution in [0.2, 0.25) is 0 Å². The highest BCUT2D eigenvalue weighted by atomic mass is 16.5. The van der Waals surface area contributed by atoms with E-state index in [0.29, 0.717) is 12.3 Å². The van der Waals surface area contributed by atoms with Gasteiger partial charge < -0.3 is 15.2 Å². The average molecular weight is 289 g/mol. The van der Waals surface area contributed by atoms with Crippen molar-refractivity contribution in [1.82, 2.24) is 5.32 Å². The average Bonchev–Trinajstić information content (AvgIpc) is 3.12. The predicted octanol–water partition coefficient (Wildman–Crippen LogP) is 2.06. The largest absolute Gasteiger partial charge is 0.493 e. The summed E-state index contributed by atoms with van der Waals surface area (Å²) >= 11 is 0. The van der Waals surface area contributed by atoms with Gasteiger partial charge in [0.15, 0.2) is 0 Å². The highest BCUT2D eigenvalue weighted by molar-refractivity contribution is 5.75. The van der Waals surface area contributed by atoms with E-state index in [1.54, 1.807) is 0 Å². The minimum Gasteiger partial charge on any atom is -0.493 e. The third-order valence-corrected chi connectivity index (χ3v) is 4.66. The first-order chi connectivity index (χ1) is 10.2. The molecule has 1 atom stereocenters. The molecule has 4 nitrogen and oxygen atoms in total. The number of nitrogens with one attached hydrogen (secondary N) is 1. The van der Waals surface area contributed by atoms with Crippen LogP contribution >= 0.6 is 0 Å². The number of hydrogen-bond acceptors (Lipinski definition) is 3. The number of carbonyl (C=O) groups excluding carboxylic acids is 1. The Labute approximate surface area is 125 Å². The van der Waals surface area contributed by atoms with E-state index in [0.717, 1.165) is 50.1 Å². The lowest BCUT2D eigenvalue weighted by Crippen LogP contribution is -2.24. The molecule has 4 heteroatoms. The zero-order valence-electron chi connectivity index (χ0n) is 12.6. The molecule has 1 aliphatic heterocycles. The first-order valence-electron chi connectivity index (χ1n) is 7.92. The molecule has 114 valence electrons. The van der Waals surface area contributed by atoms with Gasteiger partial charge in [-0.2, -0.15) is 0 Å². The van der Waals surface area contributed by atoms with Crippen molar-refractivity contribution in [2.75, 3.05) is 13.2 Å². The van der Waals surface area contributed by atoms with Crippen LogP contribution in [0.25, 0.3) is 0 Å². The summed E-state index contributed by atoms with van der Waals surface area (Å²) in [5, 5.41) is 12.5. The van der Waals surface area contributed by atoms with Crippen LogP contribution in [-0.4, -0.2) is 24.2 Å². The van der Waals surface area contributed by atoms with Crippen molar-refractivity contribution in [2.45, 2.75) is 51.6 Å². The molecule has 3 rings (SSSR count). The lowest BCUT2D eigenvalue weighted by molar-refractivity contribution is -0.120. The Balaban J connectivity index is 1.79. The number of aliphatic hydroxyl groups is 1. The molecule has 0 radical (unpaired) electrons. The van der Waals surface area contributed by atoms with E-state index in [-0.39, 0.29) is 12.5 Å². The molecule has 21 heavy (non-hydrogen) atoms. The highest BCUT2D eigenvalue weighted by Gasteiger charge is 2.31. The van der Waals surface area contributed by atoms with E-state index in [1.807, 2.05) is 6.92 Å². The lowest BCUT2D eigenvalue weighted by Gasteiger charge is -2.17. The molecule has 0 fully saturated rings. The van der Waals surface area contributed by atoms with Crippen LogP contribution in [0.1, 0.15) is 54.4 Å². The minimum absolute atomic E-state index is 0.0484. The van der Waals surface area contributed by atoms with E-state index in [2.05, 4.69) is 11.4 Å². The van der Waals surface area contributed by atoms with E-state index in [4.69, 9.17) is 4.74 Å². The molecule has 0 saturated carbocycles. The van der Waals surface area contributed by atoms with Crippen molar-refractivity contribution in [1.29, 1.82) is 0 Å². The summed E-state index contributed by atoms with van der Waals surface area (Å²) in [6, 6.07) is 2.12. The predicted molar refractivity (Wildman–Crippen MR) is 80.5 cm³/mol. The molecule has 0 spiro atoms. The fourth-order valence-corrected chi connectivity index (χ4v) is 3.65. The van der Waals surface area contributed by atoms with Crippen LogP contribution in [-0.2, 0) is 24.2 Å². The smallest absolute Gasteiger partial charge is 0.219 e. The summed E-state index contributed by atoms with van der Waals surface area (Å²) < 4.78 is 5.72. The van der Waals surface area contributed by atoms with Gasteiger partial charge in [-0.25, -0.2) is 0 Å². The van der Waals surface area contributed by atoms with Gasteiger partial charge in [0, 0.05) is 30.5 Å². The van der Waals surface area contributed by atoms with E-state index >= 15 is 0 Å². The van der Waals surface area contributed by atoms with E-state index < -0.39 is 0 Å². The SMILES string of the molecule is CCC(=O)NCC[C@@H]1CCc2cc(CO)c3c(c21)CCO3. The summed E-state index contributed by atoms with van der Waals surface area (Å²) in [5.41, 5.74) is 5.04. The topological polar surface area (TPSA) is 58.6 Å². The lowest BCUT2D eigenvalue weighted by atomic mass is 9.90. The Morgan fingerprint density at radius 3 is 3.10 bits per heavy atom. The number of aliphatic hydroxyl groups excluding tert-OH is 1. The van der Waals surface area contributed by atoms with Gasteiger partial charge in [-0.15, -0.1) is 0 Å². The normalized spacial score (nSPS) is 19.0. The summed E-state index contributed by atoms with van der Waals surface area (Å²) in [7, 11) is 0. The van der Waals surface area contributed by atoms with Gasteiger partial charge in [-0.1, -0.05) is 6.92 Å². The number of aryl methyl sites for hydroxylation is 1. The van der Waals surface area contributed by atoms with E-state index in [1.165, 1.54) is 16.7 Å². The van der Waals surface area contributed by atoms with E-state index in [9.17, 15) is 9.90 Å². The van der Waals surface area contributed by atoms with Crippen molar-refractivity contribution >= 4 is 5.91 Å². The van der Waals surface area contributed by atoms with Crippen molar-refractivity contribution in [3.05, 3.63) is 28.3 Å². The van der Waals surface area contributed by atoms with Crippen molar-refractivity contribution in [2.24, 2.45) is 0 Å².